The average Bonchev–Trinajstić information content (AvgIpc) is 2.92. The van der Waals surface area contributed by atoms with Crippen molar-refractivity contribution in [2.24, 2.45) is 0 Å². The van der Waals surface area contributed by atoms with E-state index in [9.17, 15) is 33.1 Å². The minimum Gasteiger partial charge on any atom is -0.478 e. The molecular weight excluding hydrogens is 553 g/mol. The Kier molecular flexibility index (Phi) is 9.56. The molecule has 0 aliphatic heterocycles. The molecule has 2 aromatic heterocycles. The number of carboxylic acids is 1. The second-order valence-corrected chi connectivity index (χ2v) is 8.90. The van der Waals surface area contributed by atoms with Gasteiger partial charge in [-0.1, -0.05) is 23.2 Å². The van der Waals surface area contributed by atoms with E-state index in [0.29, 0.717) is 35.2 Å². The van der Waals surface area contributed by atoms with E-state index >= 15 is 0 Å². The first-order valence-electron chi connectivity index (χ1n) is 11.6. The van der Waals surface area contributed by atoms with E-state index in [1.807, 2.05) is 0 Å². The molecule has 0 radical (unpaired) electrons. The van der Waals surface area contributed by atoms with Gasteiger partial charge in [0.15, 0.2) is 6.29 Å². The van der Waals surface area contributed by atoms with E-state index in [1.54, 1.807) is 13.8 Å². The zero-order chi connectivity index (χ0) is 28.9. The fourth-order valence-electron chi connectivity index (χ4n) is 3.99. The van der Waals surface area contributed by atoms with Crippen molar-refractivity contribution in [2.45, 2.75) is 26.9 Å². The lowest BCUT2D eigenvalue weighted by Crippen LogP contribution is -2.24. The van der Waals surface area contributed by atoms with Gasteiger partial charge in [0.2, 0.25) is 0 Å². The number of halogens is 4. The number of rotatable bonds is 6. The predicted octanol–water partition coefficient (Wildman–Crippen LogP) is 6.17. The number of carbonyl (C=O) groups is 2. The van der Waals surface area contributed by atoms with Crippen molar-refractivity contribution in [3.05, 3.63) is 114 Å². The Bertz CT molecular complexity index is 1650. The molecule has 39 heavy (non-hydrogen) atoms. The molecule has 0 fully saturated rings. The Morgan fingerprint density at radius 3 is 1.62 bits per heavy atom. The van der Waals surface area contributed by atoms with Gasteiger partial charge in [0.05, 0.1) is 17.0 Å². The van der Waals surface area contributed by atoms with Gasteiger partial charge < -0.3 is 14.2 Å². The lowest BCUT2D eigenvalue weighted by Gasteiger charge is -2.14. The zero-order valence-corrected chi connectivity index (χ0v) is 22.3. The molecule has 0 unspecified atom stereocenters. The van der Waals surface area contributed by atoms with Crippen molar-refractivity contribution in [2.75, 3.05) is 0 Å². The highest BCUT2D eigenvalue weighted by Crippen LogP contribution is 2.26. The summed E-state index contributed by atoms with van der Waals surface area (Å²) in [7, 11) is 0. The second-order valence-electron chi connectivity index (χ2n) is 8.09. The number of carboxylic acid groups (broad SMARTS) is 1. The van der Waals surface area contributed by atoms with Crippen LogP contribution in [0.1, 0.15) is 34.6 Å². The molecule has 0 aliphatic carbocycles. The molecule has 0 atom stereocenters. The van der Waals surface area contributed by atoms with Crippen LogP contribution < -0.4 is 11.1 Å². The predicted molar refractivity (Wildman–Crippen MR) is 146 cm³/mol. The lowest BCUT2D eigenvalue weighted by molar-refractivity contribution is 0.0696. The molecular formula is C28H22Cl2F2N2O5. The number of hydrogen-bond acceptors (Lipinski definition) is 4. The van der Waals surface area contributed by atoms with E-state index in [4.69, 9.17) is 23.2 Å². The van der Waals surface area contributed by atoms with Gasteiger partial charge in [0, 0.05) is 18.7 Å². The third kappa shape index (κ3) is 6.32. The molecule has 1 N–H and O–H groups in total. The van der Waals surface area contributed by atoms with E-state index in [2.05, 4.69) is 0 Å². The van der Waals surface area contributed by atoms with Gasteiger partial charge in [-0.25, -0.2) is 13.6 Å². The largest absolute Gasteiger partial charge is 0.478 e. The van der Waals surface area contributed by atoms with Crippen molar-refractivity contribution in [3.63, 3.8) is 0 Å². The second kappa shape index (κ2) is 12.6. The van der Waals surface area contributed by atoms with Crippen molar-refractivity contribution in [1.82, 2.24) is 9.13 Å². The first kappa shape index (κ1) is 29.5. The summed E-state index contributed by atoms with van der Waals surface area (Å²) in [6, 6.07) is 13.3. The highest BCUT2D eigenvalue weighted by Gasteiger charge is 2.19. The summed E-state index contributed by atoms with van der Waals surface area (Å²) in [4.78, 5) is 46.5. The van der Waals surface area contributed by atoms with Gasteiger partial charge in [0.25, 0.3) is 11.1 Å². The molecule has 202 valence electrons. The van der Waals surface area contributed by atoms with Crippen LogP contribution >= 0.6 is 23.2 Å². The summed E-state index contributed by atoms with van der Waals surface area (Å²) in [5, 5.41) is 9.11. The molecule has 7 nitrogen and oxygen atoms in total. The maximum atomic E-state index is 13.0. The van der Waals surface area contributed by atoms with E-state index in [0.717, 1.165) is 6.07 Å². The maximum absolute atomic E-state index is 13.0. The number of nitrogens with zero attached hydrogens (tertiary/aromatic N) is 2. The Morgan fingerprint density at radius 2 is 1.21 bits per heavy atom. The van der Waals surface area contributed by atoms with Gasteiger partial charge in [-0.2, -0.15) is 0 Å². The minimum atomic E-state index is -1.20. The fourth-order valence-corrected chi connectivity index (χ4v) is 4.42. The summed E-state index contributed by atoms with van der Waals surface area (Å²) < 4.78 is 28.6. The van der Waals surface area contributed by atoms with Crippen LogP contribution in [-0.4, -0.2) is 26.5 Å². The van der Waals surface area contributed by atoms with Crippen molar-refractivity contribution >= 4 is 35.5 Å². The standard InChI is InChI=1S/C14H11ClFNO3.C14H11ClFNO2/c1-2-17-12(8-3-5-9(16)6-4-8)10(14(19)20)7-11(15)13(17)18;1-2-17-13(9-3-5-11(16)6-4-9)10(8-18)7-12(15)14(17)19/h3-7H,2H2,1H3,(H,19,20);3-8H,2H2,1H3. The summed E-state index contributed by atoms with van der Waals surface area (Å²) in [5.74, 6) is -2.02. The minimum absolute atomic E-state index is 0.00480. The highest BCUT2D eigenvalue weighted by molar-refractivity contribution is 6.31. The molecule has 0 spiro atoms. The van der Waals surface area contributed by atoms with Crippen LogP contribution in [-0.2, 0) is 13.1 Å². The van der Waals surface area contributed by atoms with Crippen LogP contribution in [0.25, 0.3) is 22.5 Å². The molecule has 11 heteroatoms. The van der Waals surface area contributed by atoms with Gasteiger partial charge in [-0.3, -0.25) is 14.4 Å². The van der Waals surface area contributed by atoms with Crippen molar-refractivity contribution in [3.8, 4) is 22.5 Å². The molecule has 0 bridgehead atoms. The topological polar surface area (TPSA) is 98.4 Å². The summed E-state index contributed by atoms with van der Waals surface area (Å²) in [6.45, 7) is 4.11. The van der Waals surface area contributed by atoms with Crippen LogP contribution in [0.2, 0.25) is 10.0 Å². The van der Waals surface area contributed by atoms with Crippen LogP contribution in [0, 0.1) is 11.6 Å². The quantitative estimate of drug-likeness (QED) is 0.278. The number of aromatic carboxylic acids is 1. The third-order valence-corrected chi connectivity index (χ3v) is 6.29. The first-order valence-corrected chi connectivity index (χ1v) is 12.4. The molecule has 0 aliphatic rings. The Balaban J connectivity index is 0.000000216. The SMILES string of the molecule is CCn1c(-c2ccc(F)cc2)c(C(=O)O)cc(Cl)c1=O.CCn1c(-c2ccc(F)cc2)c(C=O)cc(Cl)c1=O. The maximum Gasteiger partial charge on any atom is 0.337 e. The fraction of sp³-hybridized carbons (Fsp3) is 0.143. The Morgan fingerprint density at radius 1 is 0.795 bits per heavy atom. The summed E-state index contributed by atoms with van der Waals surface area (Å²) >= 11 is 11.6. The molecule has 2 heterocycles. The van der Waals surface area contributed by atoms with E-state index in [-0.39, 0.29) is 39.2 Å². The van der Waals surface area contributed by atoms with Gasteiger partial charge in [0.1, 0.15) is 21.7 Å². The summed E-state index contributed by atoms with van der Waals surface area (Å²) in [5.41, 5.74) is 1.08. The zero-order valence-electron chi connectivity index (χ0n) is 20.8. The number of benzene rings is 2. The van der Waals surface area contributed by atoms with Crippen LogP contribution in [0.4, 0.5) is 8.78 Å². The molecule has 2 aromatic carbocycles. The molecule has 4 rings (SSSR count). The van der Waals surface area contributed by atoms with Crippen LogP contribution in [0.5, 0.6) is 0 Å². The van der Waals surface area contributed by atoms with Crippen molar-refractivity contribution in [1.29, 1.82) is 0 Å². The van der Waals surface area contributed by atoms with Gasteiger partial charge in [-0.15, -0.1) is 0 Å². The number of pyridine rings is 2. The third-order valence-electron chi connectivity index (χ3n) is 5.75. The van der Waals surface area contributed by atoms with E-state index < -0.39 is 17.3 Å². The smallest absolute Gasteiger partial charge is 0.337 e. The molecule has 0 saturated carbocycles. The summed E-state index contributed by atoms with van der Waals surface area (Å²) in [6.07, 6.45) is 0.635. The monoisotopic (exact) mass is 574 g/mol. The first-order chi connectivity index (χ1) is 18.5. The van der Waals surface area contributed by atoms with Crippen LogP contribution in [0.15, 0.2) is 70.3 Å². The molecule has 0 amide bonds. The normalized spacial score (nSPS) is 10.5. The van der Waals surface area contributed by atoms with E-state index in [1.165, 1.54) is 63.7 Å². The van der Waals surface area contributed by atoms with Gasteiger partial charge in [-0.05, 0) is 85.6 Å². The molecule has 0 saturated heterocycles. The number of aromatic nitrogens is 2. The molecule has 4 aromatic rings. The number of hydrogen-bond donors (Lipinski definition) is 1. The lowest BCUT2D eigenvalue weighted by atomic mass is 10.0. The number of aldehydes is 1. The average molecular weight is 575 g/mol. The Hall–Kier alpha value is -4.08. The Labute approximate surface area is 231 Å². The highest BCUT2D eigenvalue weighted by atomic mass is 35.5. The van der Waals surface area contributed by atoms with Crippen molar-refractivity contribution < 1.29 is 23.5 Å². The van der Waals surface area contributed by atoms with Crippen LogP contribution in [0.3, 0.4) is 0 Å². The number of carbonyl (C=O) groups excluding carboxylic acids is 1. The van der Waals surface area contributed by atoms with Gasteiger partial charge >= 0.3 is 5.97 Å².